The van der Waals surface area contributed by atoms with Gasteiger partial charge in [0.15, 0.2) is 0 Å². The zero-order valence-corrected chi connectivity index (χ0v) is 10.8. The first-order valence-corrected chi connectivity index (χ1v) is 7.00. The Balaban J connectivity index is 1.92. The van der Waals surface area contributed by atoms with E-state index in [9.17, 15) is 4.39 Å². The van der Waals surface area contributed by atoms with Crippen LogP contribution in [0.3, 0.4) is 0 Å². The van der Waals surface area contributed by atoms with Gasteiger partial charge in [-0.1, -0.05) is 5.16 Å². The van der Waals surface area contributed by atoms with Crippen LogP contribution in [0.1, 0.15) is 29.5 Å². The molecule has 1 unspecified atom stereocenters. The maximum absolute atomic E-state index is 13.0. The number of nitrogens with zero attached hydrogens (tertiary/aromatic N) is 2. The van der Waals surface area contributed by atoms with Gasteiger partial charge in [-0.3, -0.25) is 0 Å². The summed E-state index contributed by atoms with van der Waals surface area (Å²) >= 11 is 1.85. The first kappa shape index (κ1) is 11.7. The lowest BCUT2D eigenvalue weighted by Crippen LogP contribution is -1.90. The van der Waals surface area contributed by atoms with Crippen LogP contribution in [0.25, 0.3) is 11.4 Å². The fourth-order valence-electron chi connectivity index (χ4n) is 2.13. The summed E-state index contributed by atoms with van der Waals surface area (Å²) in [5, 5.41) is 4.33. The van der Waals surface area contributed by atoms with Crippen LogP contribution in [0.15, 0.2) is 22.7 Å². The van der Waals surface area contributed by atoms with Gasteiger partial charge in [-0.15, -0.1) is 11.8 Å². The quantitative estimate of drug-likeness (QED) is 0.828. The van der Waals surface area contributed by atoms with Gasteiger partial charge in [0, 0.05) is 5.56 Å². The van der Waals surface area contributed by atoms with Gasteiger partial charge in [-0.05, 0) is 49.3 Å². The molecular weight excluding hydrogens is 251 g/mol. The van der Waals surface area contributed by atoms with Crippen LogP contribution in [0.2, 0.25) is 0 Å². The standard InChI is InChI=1S/C13H13FN2OS/c1-8-7-9(14)4-5-10(8)12-15-13(17-16-12)11-3-2-6-18-11/h4-5,7,11H,2-3,6H2,1H3. The fourth-order valence-corrected chi connectivity index (χ4v) is 3.32. The van der Waals surface area contributed by atoms with Gasteiger partial charge < -0.3 is 4.52 Å². The second-order valence-electron chi connectivity index (χ2n) is 4.42. The SMILES string of the molecule is Cc1cc(F)ccc1-c1noc(C2CCCS2)n1. The van der Waals surface area contributed by atoms with Crippen molar-refractivity contribution < 1.29 is 8.91 Å². The van der Waals surface area contributed by atoms with Crippen molar-refractivity contribution in [3.8, 4) is 11.4 Å². The minimum atomic E-state index is -0.244. The molecular formula is C13H13FN2OS. The van der Waals surface area contributed by atoms with E-state index in [0.29, 0.717) is 17.0 Å². The first-order chi connectivity index (χ1) is 8.74. The monoisotopic (exact) mass is 264 g/mol. The van der Waals surface area contributed by atoms with Crippen molar-refractivity contribution in [2.45, 2.75) is 25.0 Å². The van der Waals surface area contributed by atoms with Gasteiger partial charge in [0.05, 0.1) is 5.25 Å². The maximum Gasteiger partial charge on any atom is 0.240 e. The molecule has 2 heterocycles. The largest absolute Gasteiger partial charge is 0.338 e. The third-order valence-electron chi connectivity index (χ3n) is 3.08. The molecule has 1 aromatic heterocycles. The highest BCUT2D eigenvalue weighted by molar-refractivity contribution is 7.99. The van der Waals surface area contributed by atoms with E-state index in [0.717, 1.165) is 23.3 Å². The molecule has 0 aliphatic carbocycles. The number of halogens is 1. The van der Waals surface area contributed by atoms with Crippen LogP contribution in [0, 0.1) is 12.7 Å². The third-order valence-corrected chi connectivity index (χ3v) is 4.44. The number of rotatable bonds is 2. The predicted molar refractivity (Wildman–Crippen MR) is 68.9 cm³/mol. The van der Waals surface area contributed by atoms with E-state index in [1.165, 1.54) is 18.6 Å². The van der Waals surface area contributed by atoms with Crippen molar-refractivity contribution >= 4 is 11.8 Å². The predicted octanol–water partition coefficient (Wildman–Crippen LogP) is 3.75. The molecule has 1 aliphatic heterocycles. The fraction of sp³-hybridized carbons (Fsp3) is 0.385. The van der Waals surface area contributed by atoms with Gasteiger partial charge in [0.25, 0.3) is 0 Å². The topological polar surface area (TPSA) is 38.9 Å². The molecule has 0 bridgehead atoms. The van der Waals surface area contributed by atoms with Crippen molar-refractivity contribution in [2.75, 3.05) is 5.75 Å². The highest BCUT2D eigenvalue weighted by atomic mass is 32.2. The van der Waals surface area contributed by atoms with Crippen LogP contribution in [-0.4, -0.2) is 15.9 Å². The molecule has 1 aliphatic rings. The number of benzene rings is 1. The summed E-state index contributed by atoms with van der Waals surface area (Å²) in [5.74, 6) is 2.15. The van der Waals surface area contributed by atoms with Crippen molar-refractivity contribution in [3.05, 3.63) is 35.5 Å². The van der Waals surface area contributed by atoms with E-state index < -0.39 is 0 Å². The Kier molecular flexibility index (Phi) is 3.07. The van der Waals surface area contributed by atoms with Gasteiger partial charge in [-0.2, -0.15) is 4.98 Å². The average Bonchev–Trinajstić information content (AvgIpc) is 2.99. The van der Waals surface area contributed by atoms with E-state index in [1.54, 1.807) is 6.07 Å². The molecule has 1 aromatic carbocycles. The summed E-state index contributed by atoms with van der Waals surface area (Å²) in [6.07, 6.45) is 2.29. The van der Waals surface area contributed by atoms with Crippen molar-refractivity contribution in [1.82, 2.24) is 10.1 Å². The Morgan fingerprint density at radius 1 is 1.44 bits per heavy atom. The average molecular weight is 264 g/mol. The summed E-state index contributed by atoms with van der Waals surface area (Å²) in [7, 11) is 0. The smallest absolute Gasteiger partial charge is 0.240 e. The minimum Gasteiger partial charge on any atom is -0.338 e. The van der Waals surface area contributed by atoms with Crippen LogP contribution in [0.4, 0.5) is 4.39 Å². The molecule has 0 N–H and O–H groups in total. The lowest BCUT2D eigenvalue weighted by Gasteiger charge is -2.00. The summed E-state index contributed by atoms with van der Waals surface area (Å²) in [6, 6.07) is 4.60. The summed E-state index contributed by atoms with van der Waals surface area (Å²) < 4.78 is 18.4. The number of aromatic nitrogens is 2. The zero-order valence-electron chi connectivity index (χ0n) is 10.0. The lowest BCUT2D eigenvalue weighted by atomic mass is 10.1. The molecule has 0 spiro atoms. The first-order valence-electron chi connectivity index (χ1n) is 5.96. The van der Waals surface area contributed by atoms with Gasteiger partial charge in [0.2, 0.25) is 11.7 Å². The van der Waals surface area contributed by atoms with Crippen LogP contribution in [0.5, 0.6) is 0 Å². The number of thioether (sulfide) groups is 1. The molecule has 18 heavy (non-hydrogen) atoms. The second kappa shape index (κ2) is 4.72. The van der Waals surface area contributed by atoms with E-state index >= 15 is 0 Å². The maximum atomic E-state index is 13.0. The molecule has 1 atom stereocenters. The van der Waals surface area contributed by atoms with E-state index in [2.05, 4.69) is 10.1 Å². The highest BCUT2D eigenvalue weighted by Crippen LogP contribution is 2.39. The van der Waals surface area contributed by atoms with Gasteiger partial charge in [-0.25, -0.2) is 4.39 Å². The Morgan fingerprint density at radius 2 is 2.33 bits per heavy atom. The van der Waals surface area contributed by atoms with E-state index in [1.807, 2.05) is 18.7 Å². The molecule has 1 fully saturated rings. The van der Waals surface area contributed by atoms with Crippen molar-refractivity contribution in [3.63, 3.8) is 0 Å². The third kappa shape index (κ3) is 2.14. The van der Waals surface area contributed by atoms with Crippen LogP contribution >= 0.6 is 11.8 Å². The summed E-state index contributed by atoms with van der Waals surface area (Å²) in [5.41, 5.74) is 1.65. The van der Waals surface area contributed by atoms with Gasteiger partial charge >= 0.3 is 0 Å². The Morgan fingerprint density at radius 3 is 3.06 bits per heavy atom. The number of aryl methyl sites for hydroxylation is 1. The van der Waals surface area contributed by atoms with Crippen molar-refractivity contribution in [2.24, 2.45) is 0 Å². The molecule has 94 valence electrons. The molecule has 0 radical (unpaired) electrons. The second-order valence-corrected chi connectivity index (χ2v) is 5.73. The molecule has 3 nitrogen and oxygen atoms in total. The van der Waals surface area contributed by atoms with Crippen LogP contribution in [-0.2, 0) is 0 Å². The molecule has 5 heteroatoms. The molecule has 2 aromatic rings. The molecule has 3 rings (SSSR count). The normalized spacial score (nSPS) is 19.3. The molecule has 0 saturated carbocycles. The highest BCUT2D eigenvalue weighted by Gasteiger charge is 2.24. The van der Waals surface area contributed by atoms with E-state index in [-0.39, 0.29) is 5.82 Å². The molecule has 1 saturated heterocycles. The molecule has 0 amide bonds. The van der Waals surface area contributed by atoms with Gasteiger partial charge in [0.1, 0.15) is 5.82 Å². The number of hydrogen-bond donors (Lipinski definition) is 0. The minimum absolute atomic E-state index is 0.244. The summed E-state index contributed by atoms with van der Waals surface area (Å²) in [4.78, 5) is 4.43. The summed E-state index contributed by atoms with van der Waals surface area (Å²) in [6.45, 7) is 1.85. The lowest BCUT2D eigenvalue weighted by molar-refractivity contribution is 0.375. The zero-order chi connectivity index (χ0) is 12.5. The van der Waals surface area contributed by atoms with E-state index in [4.69, 9.17) is 4.52 Å². The van der Waals surface area contributed by atoms with Crippen LogP contribution < -0.4 is 0 Å². The number of hydrogen-bond acceptors (Lipinski definition) is 4. The van der Waals surface area contributed by atoms with Crippen molar-refractivity contribution in [1.29, 1.82) is 0 Å². The Hall–Kier alpha value is -1.36. The Labute approximate surface area is 109 Å². The Bertz CT molecular complexity index is 564.